The molecule has 0 unspecified atom stereocenters. The molecular formula is C22H29N3O6. The van der Waals surface area contributed by atoms with Crippen molar-refractivity contribution in [2.75, 3.05) is 18.5 Å². The number of amides is 3. The van der Waals surface area contributed by atoms with E-state index in [9.17, 15) is 14.4 Å². The summed E-state index contributed by atoms with van der Waals surface area (Å²) < 4.78 is 17.0. The van der Waals surface area contributed by atoms with Gasteiger partial charge in [0, 0.05) is 17.3 Å². The van der Waals surface area contributed by atoms with E-state index >= 15 is 0 Å². The summed E-state index contributed by atoms with van der Waals surface area (Å²) in [6, 6.07) is 6.36. The SMILES string of the molecule is CC(=O)c1cccc(NC(=O)O[C@@H]2CO[C@H]3[C@@H]2OC[C@@H]3NC(=O)NC2CCCCC2)c1. The lowest BCUT2D eigenvalue weighted by Crippen LogP contribution is -2.51. The molecule has 31 heavy (non-hydrogen) atoms. The summed E-state index contributed by atoms with van der Waals surface area (Å²) in [4.78, 5) is 36.1. The number of Topliss-reactive ketones (excluding diaryl/α,β-unsaturated/α-hetero) is 1. The molecule has 2 aliphatic heterocycles. The van der Waals surface area contributed by atoms with Crippen LogP contribution in [-0.2, 0) is 14.2 Å². The lowest BCUT2D eigenvalue weighted by atomic mass is 9.96. The second kappa shape index (κ2) is 9.65. The molecule has 0 aromatic heterocycles. The quantitative estimate of drug-likeness (QED) is 0.618. The van der Waals surface area contributed by atoms with Crippen molar-refractivity contribution in [3.05, 3.63) is 29.8 Å². The topological polar surface area (TPSA) is 115 Å². The lowest BCUT2D eigenvalue weighted by Gasteiger charge is -2.24. The van der Waals surface area contributed by atoms with Crippen LogP contribution in [0.2, 0.25) is 0 Å². The van der Waals surface area contributed by atoms with Crippen LogP contribution in [0, 0.1) is 0 Å². The Morgan fingerprint density at radius 1 is 1.00 bits per heavy atom. The maximum atomic E-state index is 12.3. The Balaban J connectivity index is 1.26. The van der Waals surface area contributed by atoms with Gasteiger partial charge in [0.25, 0.3) is 0 Å². The zero-order valence-corrected chi connectivity index (χ0v) is 17.6. The fourth-order valence-corrected chi connectivity index (χ4v) is 4.43. The van der Waals surface area contributed by atoms with Crippen molar-refractivity contribution in [1.82, 2.24) is 10.6 Å². The van der Waals surface area contributed by atoms with Crippen LogP contribution in [0.15, 0.2) is 24.3 Å². The summed E-state index contributed by atoms with van der Waals surface area (Å²) in [6.45, 7) is 1.96. The standard InChI is InChI=1S/C22H29N3O6/c1-13(26)14-6-5-9-16(10-14)24-22(28)31-18-12-30-19-17(11-29-20(18)19)25-21(27)23-15-7-3-2-4-8-15/h5-6,9-10,15,17-20H,2-4,7-8,11-12H2,1H3,(H,24,28)(H2,23,25,27)/t17-,18+,19+,20+/m0/s1. The molecule has 2 heterocycles. The van der Waals surface area contributed by atoms with Gasteiger partial charge >= 0.3 is 12.1 Å². The zero-order valence-electron chi connectivity index (χ0n) is 17.6. The predicted molar refractivity (Wildman–Crippen MR) is 112 cm³/mol. The molecule has 3 N–H and O–H groups in total. The van der Waals surface area contributed by atoms with Gasteiger partial charge in [-0.2, -0.15) is 0 Å². The first kappa shape index (κ1) is 21.6. The first-order valence-electron chi connectivity index (χ1n) is 10.9. The van der Waals surface area contributed by atoms with Crippen LogP contribution in [0.3, 0.4) is 0 Å². The molecule has 3 fully saturated rings. The molecule has 0 bridgehead atoms. The van der Waals surface area contributed by atoms with Crippen molar-refractivity contribution < 1.29 is 28.6 Å². The molecule has 1 aromatic rings. The first-order chi connectivity index (χ1) is 15.0. The second-order valence-corrected chi connectivity index (χ2v) is 8.36. The number of fused-ring (bicyclic) bond motifs is 1. The number of rotatable bonds is 5. The number of hydrogen-bond acceptors (Lipinski definition) is 6. The summed E-state index contributed by atoms with van der Waals surface area (Å²) in [5, 5.41) is 8.60. The minimum Gasteiger partial charge on any atom is -0.441 e. The summed E-state index contributed by atoms with van der Waals surface area (Å²) >= 11 is 0. The molecule has 4 atom stereocenters. The fourth-order valence-electron chi connectivity index (χ4n) is 4.43. The highest BCUT2D eigenvalue weighted by Crippen LogP contribution is 2.29. The molecule has 1 aliphatic carbocycles. The number of carbonyl (C=O) groups excluding carboxylic acids is 3. The highest BCUT2D eigenvalue weighted by Gasteiger charge is 2.50. The molecule has 2 saturated heterocycles. The van der Waals surface area contributed by atoms with E-state index in [4.69, 9.17) is 14.2 Å². The van der Waals surface area contributed by atoms with E-state index in [1.807, 2.05) is 0 Å². The zero-order chi connectivity index (χ0) is 21.8. The number of anilines is 1. The van der Waals surface area contributed by atoms with Gasteiger partial charge in [-0.1, -0.05) is 31.4 Å². The van der Waals surface area contributed by atoms with Gasteiger partial charge in [0.2, 0.25) is 0 Å². The van der Waals surface area contributed by atoms with Crippen LogP contribution in [0.4, 0.5) is 15.3 Å². The summed E-state index contributed by atoms with van der Waals surface area (Å²) in [7, 11) is 0. The number of hydrogen-bond donors (Lipinski definition) is 3. The Hall–Kier alpha value is -2.65. The molecule has 3 amide bonds. The summed E-state index contributed by atoms with van der Waals surface area (Å²) in [5.41, 5.74) is 0.973. The van der Waals surface area contributed by atoms with Crippen molar-refractivity contribution in [2.24, 2.45) is 0 Å². The minimum atomic E-state index is -0.648. The van der Waals surface area contributed by atoms with Gasteiger partial charge in [-0.3, -0.25) is 10.1 Å². The van der Waals surface area contributed by atoms with E-state index in [-0.39, 0.29) is 36.6 Å². The molecule has 1 saturated carbocycles. The van der Waals surface area contributed by atoms with Crippen LogP contribution in [0.25, 0.3) is 0 Å². The van der Waals surface area contributed by atoms with Gasteiger partial charge in [0.15, 0.2) is 11.9 Å². The van der Waals surface area contributed by atoms with Crippen LogP contribution in [-0.4, -0.2) is 61.5 Å². The smallest absolute Gasteiger partial charge is 0.412 e. The highest BCUT2D eigenvalue weighted by molar-refractivity contribution is 5.96. The predicted octanol–water partition coefficient (Wildman–Crippen LogP) is 2.60. The Bertz CT molecular complexity index is 825. The summed E-state index contributed by atoms with van der Waals surface area (Å²) in [6.07, 6.45) is 3.51. The normalized spacial score (nSPS) is 27.9. The van der Waals surface area contributed by atoms with Gasteiger partial charge in [0.1, 0.15) is 12.2 Å². The van der Waals surface area contributed by atoms with Crippen LogP contribution < -0.4 is 16.0 Å². The molecule has 3 aliphatic rings. The fraction of sp³-hybridized carbons (Fsp3) is 0.591. The van der Waals surface area contributed by atoms with E-state index in [0.29, 0.717) is 17.9 Å². The Labute approximate surface area is 181 Å². The number of ether oxygens (including phenoxy) is 3. The minimum absolute atomic E-state index is 0.0885. The van der Waals surface area contributed by atoms with Gasteiger partial charge < -0.3 is 24.8 Å². The van der Waals surface area contributed by atoms with Crippen LogP contribution in [0.1, 0.15) is 49.4 Å². The molecule has 0 spiro atoms. The Morgan fingerprint density at radius 3 is 2.55 bits per heavy atom. The second-order valence-electron chi connectivity index (χ2n) is 8.36. The summed E-state index contributed by atoms with van der Waals surface area (Å²) in [5.74, 6) is -0.0885. The van der Waals surface area contributed by atoms with Crippen molar-refractivity contribution in [2.45, 2.75) is 69.4 Å². The third-order valence-corrected chi connectivity index (χ3v) is 6.04. The van der Waals surface area contributed by atoms with Crippen LogP contribution in [0.5, 0.6) is 0 Å². The Morgan fingerprint density at radius 2 is 1.77 bits per heavy atom. The first-order valence-corrected chi connectivity index (χ1v) is 10.9. The van der Waals surface area contributed by atoms with Gasteiger partial charge in [-0.05, 0) is 31.9 Å². The monoisotopic (exact) mass is 431 g/mol. The maximum absolute atomic E-state index is 12.3. The molecule has 0 radical (unpaired) electrons. The van der Waals surface area contributed by atoms with E-state index in [2.05, 4.69) is 16.0 Å². The van der Waals surface area contributed by atoms with Gasteiger partial charge in [0.05, 0.1) is 19.3 Å². The van der Waals surface area contributed by atoms with Crippen molar-refractivity contribution in [1.29, 1.82) is 0 Å². The average molecular weight is 431 g/mol. The molecule has 168 valence electrons. The Kier molecular flexibility index (Phi) is 6.72. The number of carbonyl (C=O) groups is 3. The largest absolute Gasteiger partial charge is 0.441 e. The van der Waals surface area contributed by atoms with E-state index in [0.717, 1.165) is 25.7 Å². The van der Waals surface area contributed by atoms with Gasteiger partial charge in [-0.25, -0.2) is 9.59 Å². The number of urea groups is 1. The van der Waals surface area contributed by atoms with E-state index < -0.39 is 18.3 Å². The molecule has 9 heteroatoms. The molecule has 4 rings (SSSR count). The molecule has 9 nitrogen and oxygen atoms in total. The highest BCUT2D eigenvalue weighted by atomic mass is 16.6. The number of nitrogens with one attached hydrogen (secondary N) is 3. The van der Waals surface area contributed by atoms with Crippen molar-refractivity contribution >= 4 is 23.6 Å². The third-order valence-electron chi connectivity index (χ3n) is 6.04. The van der Waals surface area contributed by atoms with E-state index in [1.54, 1.807) is 24.3 Å². The number of ketones is 1. The molecular weight excluding hydrogens is 402 g/mol. The van der Waals surface area contributed by atoms with Crippen molar-refractivity contribution in [3.63, 3.8) is 0 Å². The maximum Gasteiger partial charge on any atom is 0.412 e. The van der Waals surface area contributed by atoms with Crippen molar-refractivity contribution in [3.8, 4) is 0 Å². The van der Waals surface area contributed by atoms with Crippen LogP contribution >= 0.6 is 0 Å². The van der Waals surface area contributed by atoms with E-state index in [1.165, 1.54) is 13.3 Å². The third kappa shape index (κ3) is 5.34. The average Bonchev–Trinajstić information content (AvgIpc) is 3.32. The molecule has 1 aromatic carbocycles. The lowest BCUT2D eigenvalue weighted by molar-refractivity contribution is 0.00871. The van der Waals surface area contributed by atoms with Gasteiger partial charge in [-0.15, -0.1) is 0 Å². The number of benzene rings is 1.